The lowest BCUT2D eigenvalue weighted by molar-refractivity contribution is -0.262. The van der Waals surface area contributed by atoms with Crippen molar-refractivity contribution in [1.82, 2.24) is 5.32 Å². The van der Waals surface area contributed by atoms with Gasteiger partial charge < -0.3 is 25.4 Å². The van der Waals surface area contributed by atoms with Gasteiger partial charge in [-0.25, -0.2) is 5.90 Å². The van der Waals surface area contributed by atoms with E-state index in [1.54, 1.807) is 0 Å². The standard InChI is InChI=1S/C8H16N2O6/c1-3(12)10-5-7(16-9)6(13)4(2-11)15-8(5)14/h4-8,11,13-14H,2,9H2,1H3,(H,10,12)/t4-,5-,6-,7-,8-/m1/s1. The Labute approximate surface area is 91.9 Å². The molecule has 1 amide bonds. The number of carbonyl (C=O) groups excluding carboxylic acids is 1. The van der Waals surface area contributed by atoms with Crippen LogP contribution in [0, 0.1) is 0 Å². The van der Waals surface area contributed by atoms with Crippen LogP contribution in [0.25, 0.3) is 0 Å². The van der Waals surface area contributed by atoms with Crippen molar-refractivity contribution < 1.29 is 29.7 Å². The number of rotatable bonds is 3. The van der Waals surface area contributed by atoms with Gasteiger partial charge in [-0.1, -0.05) is 0 Å². The summed E-state index contributed by atoms with van der Waals surface area (Å²) in [6.07, 6.45) is -4.70. The van der Waals surface area contributed by atoms with Gasteiger partial charge in [0, 0.05) is 6.92 Å². The molecule has 0 radical (unpaired) electrons. The predicted octanol–water partition coefficient (Wildman–Crippen LogP) is -3.18. The molecule has 1 fully saturated rings. The third kappa shape index (κ3) is 2.67. The molecule has 0 aliphatic carbocycles. The lowest BCUT2D eigenvalue weighted by Crippen LogP contribution is -2.65. The first kappa shape index (κ1) is 13.3. The molecule has 0 aromatic carbocycles. The average Bonchev–Trinajstić information content (AvgIpc) is 2.23. The zero-order valence-corrected chi connectivity index (χ0v) is 8.74. The van der Waals surface area contributed by atoms with Crippen molar-refractivity contribution in [1.29, 1.82) is 0 Å². The smallest absolute Gasteiger partial charge is 0.217 e. The second kappa shape index (κ2) is 5.53. The molecule has 0 spiro atoms. The lowest BCUT2D eigenvalue weighted by atomic mass is 9.97. The van der Waals surface area contributed by atoms with E-state index in [-0.39, 0.29) is 0 Å². The maximum Gasteiger partial charge on any atom is 0.217 e. The fourth-order valence-electron chi connectivity index (χ4n) is 1.63. The molecule has 6 N–H and O–H groups in total. The summed E-state index contributed by atoms with van der Waals surface area (Å²) < 4.78 is 4.90. The van der Waals surface area contributed by atoms with Crippen LogP contribution in [0.1, 0.15) is 6.92 Å². The van der Waals surface area contributed by atoms with E-state index in [4.69, 9.17) is 15.7 Å². The van der Waals surface area contributed by atoms with Crippen LogP contribution in [0.4, 0.5) is 0 Å². The molecule has 0 aromatic heterocycles. The Morgan fingerprint density at radius 2 is 2.19 bits per heavy atom. The maximum absolute atomic E-state index is 10.9. The molecule has 1 aliphatic rings. The molecule has 0 aromatic rings. The Bertz CT molecular complexity index is 251. The average molecular weight is 236 g/mol. The maximum atomic E-state index is 10.9. The third-order valence-corrected chi connectivity index (χ3v) is 2.40. The minimum atomic E-state index is -1.40. The zero-order valence-electron chi connectivity index (χ0n) is 8.74. The van der Waals surface area contributed by atoms with Gasteiger partial charge in [-0.2, -0.15) is 0 Å². The molecule has 1 heterocycles. The van der Waals surface area contributed by atoms with Crippen molar-refractivity contribution in [2.45, 2.75) is 37.6 Å². The molecule has 0 unspecified atom stereocenters. The highest BCUT2D eigenvalue weighted by atomic mass is 16.7. The van der Waals surface area contributed by atoms with Gasteiger partial charge in [-0.15, -0.1) is 0 Å². The molecule has 8 heteroatoms. The molecule has 16 heavy (non-hydrogen) atoms. The summed E-state index contributed by atoms with van der Waals surface area (Å²) in [4.78, 5) is 15.4. The first-order valence-corrected chi connectivity index (χ1v) is 4.76. The predicted molar refractivity (Wildman–Crippen MR) is 50.6 cm³/mol. The minimum absolute atomic E-state index is 0.427. The molecule has 8 nitrogen and oxygen atoms in total. The number of ether oxygens (including phenoxy) is 1. The number of nitrogens with two attached hydrogens (primary N) is 1. The van der Waals surface area contributed by atoms with Crippen LogP contribution >= 0.6 is 0 Å². The fraction of sp³-hybridized carbons (Fsp3) is 0.875. The molecule has 0 saturated carbocycles. The molecule has 1 saturated heterocycles. The Kier molecular flexibility index (Phi) is 4.59. The summed E-state index contributed by atoms with van der Waals surface area (Å²) in [5.41, 5.74) is 0. The Morgan fingerprint density at radius 1 is 1.56 bits per heavy atom. The van der Waals surface area contributed by atoms with Crippen molar-refractivity contribution in [3.63, 3.8) is 0 Å². The number of aliphatic hydroxyl groups excluding tert-OH is 3. The molecular formula is C8H16N2O6. The summed E-state index contributed by atoms with van der Waals surface area (Å²) in [7, 11) is 0. The van der Waals surface area contributed by atoms with Crippen molar-refractivity contribution >= 4 is 5.91 Å². The van der Waals surface area contributed by atoms with Crippen LogP contribution in [0.5, 0.6) is 0 Å². The van der Waals surface area contributed by atoms with Crippen LogP contribution < -0.4 is 11.2 Å². The summed E-state index contributed by atoms with van der Waals surface area (Å²) >= 11 is 0. The van der Waals surface area contributed by atoms with Gasteiger partial charge in [-0.05, 0) is 0 Å². The quantitative estimate of drug-likeness (QED) is 0.326. The highest BCUT2D eigenvalue weighted by Gasteiger charge is 2.45. The van der Waals surface area contributed by atoms with Crippen molar-refractivity contribution in [2.75, 3.05) is 6.61 Å². The number of amides is 1. The number of aliphatic hydroxyl groups is 3. The van der Waals surface area contributed by atoms with Crippen LogP contribution in [-0.2, 0) is 14.4 Å². The Balaban J connectivity index is 2.78. The molecule has 1 rings (SSSR count). The highest BCUT2D eigenvalue weighted by molar-refractivity contribution is 5.73. The summed E-state index contributed by atoms with van der Waals surface area (Å²) in [5.74, 6) is 4.55. The van der Waals surface area contributed by atoms with E-state index in [0.717, 1.165) is 0 Å². The van der Waals surface area contributed by atoms with Gasteiger partial charge in [0.15, 0.2) is 6.29 Å². The summed E-state index contributed by atoms with van der Waals surface area (Å²) in [6, 6.07) is -0.986. The summed E-state index contributed by atoms with van der Waals surface area (Å²) in [6.45, 7) is 0.746. The summed E-state index contributed by atoms with van der Waals surface area (Å²) in [5, 5.41) is 30.4. The molecule has 5 atom stereocenters. The normalized spacial score (nSPS) is 39.4. The van der Waals surface area contributed by atoms with Crippen LogP contribution in [0.15, 0.2) is 0 Å². The van der Waals surface area contributed by atoms with Crippen molar-refractivity contribution in [3.8, 4) is 0 Å². The Hall–Kier alpha value is -0.770. The van der Waals surface area contributed by atoms with Crippen LogP contribution in [-0.4, -0.2) is 58.5 Å². The van der Waals surface area contributed by atoms with Crippen LogP contribution in [0.3, 0.4) is 0 Å². The van der Waals surface area contributed by atoms with E-state index >= 15 is 0 Å². The van der Waals surface area contributed by atoms with E-state index in [1.165, 1.54) is 6.92 Å². The SMILES string of the molecule is CC(=O)N[C@@H]1[C@@H](ON)[C@H](O)[C@@H](CO)O[C@H]1O. The first-order chi connectivity index (χ1) is 7.51. The fourth-order valence-corrected chi connectivity index (χ4v) is 1.63. The van der Waals surface area contributed by atoms with Gasteiger partial charge in [-0.3, -0.25) is 9.63 Å². The van der Waals surface area contributed by atoms with Crippen molar-refractivity contribution in [2.24, 2.45) is 5.90 Å². The number of hydrogen-bond acceptors (Lipinski definition) is 7. The van der Waals surface area contributed by atoms with E-state index in [2.05, 4.69) is 10.2 Å². The van der Waals surface area contributed by atoms with Crippen LogP contribution in [0.2, 0.25) is 0 Å². The van der Waals surface area contributed by atoms with Gasteiger partial charge in [0.2, 0.25) is 5.91 Å². The van der Waals surface area contributed by atoms with E-state index in [9.17, 15) is 15.0 Å². The van der Waals surface area contributed by atoms with Gasteiger partial charge in [0.25, 0.3) is 0 Å². The molecular weight excluding hydrogens is 220 g/mol. The van der Waals surface area contributed by atoms with E-state index < -0.39 is 43.2 Å². The second-order valence-corrected chi connectivity index (χ2v) is 3.57. The highest BCUT2D eigenvalue weighted by Crippen LogP contribution is 2.21. The number of hydrogen-bond donors (Lipinski definition) is 5. The number of nitrogens with one attached hydrogen (secondary N) is 1. The Morgan fingerprint density at radius 3 is 2.62 bits per heavy atom. The van der Waals surface area contributed by atoms with E-state index in [0.29, 0.717) is 0 Å². The first-order valence-electron chi connectivity index (χ1n) is 4.76. The van der Waals surface area contributed by atoms with Gasteiger partial charge in [0.1, 0.15) is 24.4 Å². The minimum Gasteiger partial charge on any atom is -0.394 e. The largest absolute Gasteiger partial charge is 0.394 e. The topological polar surface area (TPSA) is 134 Å². The van der Waals surface area contributed by atoms with Gasteiger partial charge >= 0.3 is 0 Å². The lowest BCUT2D eigenvalue weighted by Gasteiger charge is -2.41. The second-order valence-electron chi connectivity index (χ2n) is 3.57. The molecule has 1 aliphatic heterocycles. The molecule has 94 valence electrons. The third-order valence-electron chi connectivity index (χ3n) is 2.40. The molecule has 0 bridgehead atoms. The van der Waals surface area contributed by atoms with Gasteiger partial charge in [0.05, 0.1) is 6.61 Å². The zero-order chi connectivity index (χ0) is 12.3. The monoisotopic (exact) mass is 236 g/mol. The number of carbonyl (C=O) groups is 1. The van der Waals surface area contributed by atoms with Crippen molar-refractivity contribution in [3.05, 3.63) is 0 Å². The van der Waals surface area contributed by atoms with E-state index in [1.807, 2.05) is 0 Å².